The summed E-state index contributed by atoms with van der Waals surface area (Å²) in [6, 6.07) is 20.4. The third-order valence-electron chi connectivity index (χ3n) is 6.74. The number of benzene rings is 2. The van der Waals surface area contributed by atoms with Gasteiger partial charge in [-0.15, -0.1) is 0 Å². The molecular formula is C23H27N3O2. The minimum Gasteiger partial charge on any atom is -0.481 e. The van der Waals surface area contributed by atoms with Gasteiger partial charge in [-0.05, 0) is 30.9 Å². The minimum atomic E-state index is -0.911. The molecule has 2 aromatic carbocycles. The van der Waals surface area contributed by atoms with Gasteiger partial charge in [-0.1, -0.05) is 60.7 Å². The molecule has 0 amide bonds. The average molecular weight is 377 g/mol. The lowest BCUT2D eigenvalue weighted by Crippen LogP contribution is -2.51. The van der Waals surface area contributed by atoms with Crippen LogP contribution in [0.2, 0.25) is 0 Å². The Morgan fingerprint density at radius 2 is 1.82 bits per heavy atom. The lowest BCUT2D eigenvalue weighted by molar-refractivity contribution is -0.152. The molecule has 1 saturated carbocycles. The van der Waals surface area contributed by atoms with Gasteiger partial charge in [-0.25, -0.2) is 0 Å². The van der Waals surface area contributed by atoms with Crippen LogP contribution in [0.4, 0.5) is 0 Å². The summed E-state index contributed by atoms with van der Waals surface area (Å²) < 4.78 is 0. The molecule has 2 aliphatic rings. The van der Waals surface area contributed by atoms with E-state index in [1.807, 2.05) is 36.4 Å². The zero-order valence-corrected chi connectivity index (χ0v) is 16.2. The Kier molecular flexibility index (Phi) is 4.94. The van der Waals surface area contributed by atoms with E-state index < -0.39 is 11.4 Å². The lowest BCUT2D eigenvalue weighted by atomic mass is 9.57. The van der Waals surface area contributed by atoms with Crippen LogP contribution in [0.25, 0.3) is 0 Å². The van der Waals surface area contributed by atoms with Crippen molar-refractivity contribution < 1.29 is 9.90 Å². The van der Waals surface area contributed by atoms with E-state index in [1.165, 1.54) is 5.56 Å². The van der Waals surface area contributed by atoms with Crippen LogP contribution in [0.1, 0.15) is 36.8 Å². The van der Waals surface area contributed by atoms with Gasteiger partial charge in [-0.3, -0.25) is 9.69 Å². The molecule has 2 aromatic rings. The van der Waals surface area contributed by atoms with Gasteiger partial charge in [0.15, 0.2) is 0 Å². The van der Waals surface area contributed by atoms with Crippen LogP contribution in [0.5, 0.6) is 0 Å². The predicted molar refractivity (Wildman–Crippen MR) is 110 cm³/mol. The smallest absolute Gasteiger partial charge is 0.312 e. The molecule has 5 heteroatoms. The van der Waals surface area contributed by atoms with Gasteiger partial charge in [0, 0.05) is 36.7 Å². The van der Waals surface area contributed by atoms with E-state index in [-0.39, 0.29) is 17.9 Å². The van der Waals surface area contributed by atoms with Crippen LogP contribution in [0.3, 0.4) is 0 Å². The number of hydrogen-bond acceptors (Lipinski definition) is 4. The van der Waals surface area contributed by atoms with Gasteiger partial charge in [0.1, 0.15) is 0 Å². The van der Waals surface area contributed by atoms with E-state index in [0.717, 1.165) is 30.7 Å². The Balaban J connectivity index is 1.78. The summed E-state index contributed by atoms with van der Waals surface area (Å²) in [4.78, 5) is 15.1. The Morgan fingerprint density at radius 1 is 1.18 bits per heavy atom. The van der Waals surface area contributed by atoms with Crippen LogP contribution in [0, 0.1) is 11.3 Å². The Morgan fingerprint density at radius 3 is 2.43 bits per heavy atom. The molecule has 1 saturated heterocycles. The van der Waals surface area contributed by atoms with Crippen molar-refractivity contribution >= 4 is 11.7 Å². The number of carbonyl (C=O) groups is 1. The van der Waals surface area contributed by atoms with Gasteiger partial charge in [0.05, 0.1) is 5.41 Å². The first-order valence-electron chi connectivity index (χ1n) is 9.91. The maximum atomic E-state index is 12.8. The molecule has 28 heavy (non-hydrogen) atoms. The number of fused-ring (bicyclic) bond motifs is 1. The first-order chi connectivity index (χ1) is 13.6. The second-order valence-corrected chi connectivity index (χ2v) is 8.08. The first-order valence-corrected chi connectivity index (χ1v) is 9.91. The fourth-order valence-electron chi connectivity index (χ4n) is 5.49. The highest BCUT2D eigenvalue weighted by molar-refractivity contribution is 5.95. The summed E-state index contributed by atoms with van der Waals surface area (Å²) in [5.74, 6) is 4.76. The molecule has 4 rings (SSSR count). The summed E-state index contributed by atoms with van der Waals surface area (Å²) in [6.45, 7) is 3.35. The maximum Gasteiger partial charge on any atom is 0.312 e. The summed E-state index contributed by atoms with van der Waals surface area (Å²) in [5, 5.41) is 14.6. The Labute approximate surface area is 165 Å². The highest BCUT2D eigenvalue weighted by atomic mass is 16.4. The molecule has 2 fully saturated rings. The quantitative estimate of drug-likeness (QED) is 0.632. The lowest BCUT2D eigenvalue weighted by Gasteiger charge is -2.43. The molecule has 0 aromatic heterocycles. The Hall–Kier alpha value is -2.66. The van der Waals surface area contributed by atoms with Gasteiger partial charge in [-0.2, -0.15) is 5.10 Å². The third kappa shape index (κ3) is 2.90. The van der Waals surface area contributed by atoms with E-state index in [2.05, 4.69) is 41.2 Å². The number of hydrogen-bond donors (Lipinski definition) is 2. The van der Waals surface area contributed by atoms with Crippen LogP contribution in [-0.4, -0.2) is 34.3 Å². The monoisotopic (exact) mass is 377 g/mol. The molecule has 3 N–H and O–H groups in total. The fraction of sp³-hybridized carbons (Fsp3) is 0.391. The number of hydrazone groups is 1. The average Bonchev–Trinajstić information content (AvgIpc) is 3.02. The van der Waals surface area contributed by atoms with E-state index >= 15 is 0 Å². The molecular weight excluding hydrogens is 350 g/mol. The van der Waals surface area contributed by atoms with E-state index in [1.54, 1.807) is 0 Å². The zero-order valence-electron chi connectivity index (χ0n) is 16.2. The number of carboxylic acids is 1. The topological polar surface area (TPSA) is 78.9 Å². The van der Waals surface area contributed by atoms with Crippen LogP contribution in [0.15, 0.2) is 65.8 Å². The van der Waals surface area contributed by atoms with Crippen molar-refractivity contribution in [1.82, 2.24) is 4.90 Å². The highest BCUT2D eigenvalue weighted by Crippen LogP contribution is 2.56. The zero-order chi connectivity index (χ0) is 19.7. The predicted octanol–water partition coefficient (Wildman–Crippen LogP) is 3.47. The Bertz CT molecular complexity index is 868. The van der Waals surface area contributed by atoms with Crippen molar-refractivity contribution in [3.63, 3.8) is 0 Å². The molecule has 0 radical (unpaired) electrons. The van der Waals surface area contributed by atoms with Gasteiger partial charge < -0.3 is 10.9 Å². The van der Waals surface area contributed by atoms with Crippen molar-refractivity contribution in [2.45, 2.75) is 38.3 Å². The number of nitrogens with zero attached hydrogens (tertiary/aromatic N) is 2. The summed E-state index contributed by atoms with van der Waals surface area (Å²) in [5.41, 5.74) is 2.22. The first kappa shape index (κ1) is 18.7. The standard InChI is InChI=1S/C23H27N3O2/c1-16-21-20(25-24)13-12-19(18-10-6-3-7-11-18)23(21,22(27)28)15-26(16)14-17-8-4-2-5-9-17/h2-11,16,19,21H,12-15,24H2,1H3,(H,27,28). The van der Waals surface area contributed by atoms with Crippen LogP contribution in [-0.2, 0) is 11.3 Å². The number of rotatable bonds is 4. The van der Waals surface area contributed by atoms with Gasteiger partial charge in [0.2, 0.25) is 0 Å². The molecule has 1 heterocycles. The highest BCUT2D eigenvalue weighted by Gasteiger charge is 2.63. The van der Waals surface area contributed by atoms with Crippen molar-refractivity contribution in [1.29, 1.82) is 0 Å². The molecule has 5 nitrogen and oxygen atoms in total. The normalized spacial score (nSPS) is 31.6. The van der Waals surface area contributed by atoms with Crippen molar-refractivity contribution in [3.05, 3.63) is 71.8 Å². The van der Waals surface area contributed by atoms with E-state index in [9.17, 15) is 9.90 Å². The second-order valence-electron chi connectivity index (χ2n) is 8.08. The van der Waals surface area contributed by atoms with Gasteiger partial charge >= 0.3 is 5.97 Å². The van der Waals surface area contributed by atoms with E-state index in [4.69, 9.17) is 5.84 Å². The molecule has 146 valence electrons. The molecule has 1 aliphatic carbocycles. The van der Waals surface area contributed by atoms with E-state index in [0.29, 0.717) is 6.54 Å². The van der Waals surface area contributed by atoms with Crippen LogP contribution >= 0.6 is 0 Å². The van der Waals surface area contributed by atoms with Crippen molar-refractivity contribution in [2.75, 3.05) is 6.54 Å². The van der Waals surface area contributed by atoms with Crippen molar-refractivity contribution in [2.24, 2.45) is 22.3 Å². The largest absolute Gasteiger partial charge is 0.481 e. The summed E-state index contributed by atoms with van der Waals surface area (Å²) >= 11 is 0. The SMILES string of the molecule is CC1C2C(=NN)CCC(c3ccccc3)C2(C(=O)O)CN1Cc1ccccc1. The number of carboxylic acid groups (broad SMARTS) is 1. The van der Waals surface area contributed by atoms with Crippen LogP contribution < -0.4 is 5.84 Å². The number of aliphatic carboxylic acids is 1. The third-order valence-corrected chi connectivity index (χ3v) is 6.74. The summed E-state index contributed by atoms with van der Waals surface area (Å²) in [6.07, 6.45) is 1.51. The molecule has 0 spiro atoms. The second kappa shape index (κ2) is 7.40. The minimum absolute atomic E-state index is 0.0510. The molecule has 4 atom stereocenters. The molecule has 1 aliphatic heterocycles. The summed E-state index contributed by atoms with van der Waals surface area (Å²) in [7, 11) is 0. The fourth-order valence-corrected chi connectivity index (χ4v) is 5.49. The molecule has 4 unspecified atom stereocenters. The van der Waals surface area contributed by atoms with Crippen molar-refractivity contribution in [3.8, 4) is 0 Å². The number of nitrogens with two attached hydrogens (primary N) is 1. The van der Waals surface area contributed by atoms with Gasteiger partial charge in [0.25, 0.3) is 0 Å². The molecule has 0 bridgehead atoms. The number of likely N-dealkylation sites (tertiary alicyclic amines) is 1. The maximum absolute atomic E-state index is 12.8.